The zero-order valence-corrected chi connectivity index (χ0v) is 11.4. The molecule has 0 aromatic heterocycles. The average Bonchev–Trinajstić information content (AvgIpc) is 2.21. The summed E-state index contributed by atoms with van der Waals surface area (Å²) in [4.78, 5) is 0. The van der Waals surface area contributed by atoms with E-state index in [1.165, 1.54) is 43.4 Å². The van der Waals surface area contributed by atoms with Gasteiger partial charge in [0.25, 0.3) is 0 Å². The van der Waals surface area contributed by atoms with Crippen molar-refractivity contribution in [1.82, 2.24) is 0 Å². The number of quaternary nitrogens is 1. The molecule has 1 fully saturated rings. The van der Waals surface area contributed by atoms with Crippen LogP contribution in [0.3, 0.4) is 0 Å². The molecule has 1 saturated heterocycles. The Bertz CT molecular complexity index is 190. The summed E-state index contributed by atoms with van der Waals surface area (Å²) < 4.78 is 1.39. The van der Waals surface area contributed by atoms with E-state index in [0.29, 0.717) is 0 Å². The molecule has 0 spiro atoms. The number of hydrogen-bond acceptors (Lipinski definition) is 0. The first-order chi connectivity index (χ1) is 7.05. The van der Waals surface area contributed by atoms with Gasteiger partial charge in [0.15, 0.2) is 0 Å². The van der Waals surface area contributed by atoms with Crippen LogP contribution in [-0.2, 0) is 0 Å². The van der Waals surface area contributed by atoms with Gasteiger partial charge in [-0.15, -0.1) is 0 Å². The number of nitrogens with zero attached hydrogens (tertiary/aromatic N) is 1. The third-order valence-electron chi connectivity index (χ3n) is 4.72. The lowest BCUT2D eigenvalue weighted by molar-refractivity contribution is -0.959. The Labute approximate surface area is 96.4 Å². The van der Waals surface area contributed by atoms with Gasteiger partial charge in [0.2, 0.25) is 0 Å². The number of piperidine rings is 1. The second kappa shape index (κ2) is 5.34. The largest absolute Gasteiger partial charge is 0.321 e. The second-order valence-electron chi connectivity index (χ2n) is 5.85. The molecule has 1 nitrogen and oxygen atoms in total. The molecule has 1 aliphatic rings. The molecule has 90 valence electrons. The van der Waals surface area contributed by atoms with Crippen LogP contribution >= 0.6 is 0 Å². The predicted molar refractivity (Wildman–Crippen MR) is 67.9 cm³/mol. The maximum absolute atomic E-state index is 2.48. The molecule has 0 aromatic rings. The maximum Gasteiger partial charge on any atom is 0.0887 e. The molecule has 0 N–H and O–H groups in total. The minimum absolute atomic E-state index is 0.873. The Balaban J connectivity index is 2.74. The third kappa shape index (κ3) is 2.75. The monoisotopic (exact) mass is 212 g/mol. The van der Waals surface area contributed by atoms with Crippen LogP contribution in [0.1, 0.15) is 53.9 Å². The third-order valence-corrected chi connectivity index (χ3v) is 4.72. The fourth-order valence-corrected chi connectivity index (χ4v) is 3.58. The number of rotatable bonds is 4. The van der Waals surface area contributed by atoms with Crippen LogP contribution in [0.2, 0.25) is 0 Å². The van der Waals surface area contributed by atoms with Crippen LogP contribution in [0.4, 0.5) is 0 Å². The molecule has 0 saturated carbocycles. The van der Waals surface area contributed by atoms with Crippen molar-refractivity contribution in [2.24, 2.45) is 11.8 Å². The van der Waals surface area contributed by atoms with E-state index < -0.39 is 0 Å². The minimum atomic E-state index is 0.873. The quantitative estimate of drug-likeness (QED) is 0.624. The molecular weight excluding hydrogens is 182 g/mol. The highest BCUT2D eigenvalue weighted by molar-refractivity contribution is 4.73. The summed E-state index contributed by atoms with van der Waals surface area (Å²) in [5.74, 6) is 1.83. The summed E-state index contributed by atoms with van der Waals surface area (Å²) in [5.41, 5.74) is 0. The Hall–Kier alpha value is -0.0400. The lowest BCUT2D eigenvalue weighted by Crippen LogP contribution is -2.61. The Morgan fingerprint density at radius 3 is 2.33 bits per heavy atom. The number of likely N-dealkylation sites (tertiary alicyclic amines) is 1. The number of hydrogen-bond donors (Lipinski definition) is 0. The van der Waals surface area contributed by atoms with Crippen LogP contribution in [0.15, 0.2) is 0 Å². The van der Waals surface area contributed by atoms with Gasteiger partial charge in [-0.05, 0) is 26.7 Å². The smallest absolute Gasteiger partial charge is 0.0887 e. The fraction of sp³-hybridized carbons (Fsp3) is 1.00. The second-order valence-corrected chi connectivity index (χ2v) is 5.85. The first-order valence-electron chi connectivity index (χ1n) is 6.91. The summed E-state index contributed by atoms with van der Waals surface area (Å²) >= 11 is 0. The van der Waals surface area contributed by atoms with Crippen molar-refractivity contribution in [3.05, 3.63) is 0 Å². The Morgan fingerprint density at radius 1 is 1.13 bits per heavy atom. The van der Waals surface area contributed by atoms with Gasteiger partial charge < -0.3 is 4.48 Å². The standard InChI is InChI=1S/C14H30N/c1-6-8-9-15(7-2)11-12(3)10-13(4)14(15)5/h12-14H,6-11H2,1-5H3/q+1. The van der Waals surface area contributed by atoms with Crippen LogP contribution in [0, 0.1) is 11.8 Å². The van der Waals surface area contributed by atoms with Crippen molar-refractivity contribution in [3.63, 3.8) is 0 Å². The van der Waals surface area contributed by atoms with Crippen molar-refractivity contribution >= 4 is 0 Å². The van der Waals surface area contributed by atoms with Gasteiger partial charge in [-0.2, -0.15) is 0 Å². The van der Waals surface area contributed by atoms with Gasteiger partial charge in [0.05, 0.1) is 25.7 Å². The molecule has 1 aliphatic heterocycles. The fourth-order valence-electron chi connectivity index (χ4n) is 3.58. The average molecular weight is 212 g/mol. The van der Waals surface area contributed by atoms with Crippen molar-refractivity contribution < 1.29 is 4.48 Å². The van der Waals surface area contributed by atoms with Crippen molar-refractivity contribution in [3.8, 4) is 0 Å². The van der Waals surface area contributed by atoms with Gasteiger partial charge in [-0.25, -0.2) is 0 Å². The summed E-state index contributed by atoms with van der Waals surface area (Å²) in [6, 6.07) is 0.873. The molecule has 1 heterocycles. The SMILES string of the molecule is CCCC[N+]1(CC)CC(C)CC(C)C1C. The molecule has 0 aromatic carbocycles. The molecule has 0 radical (unpaired) electrons. The molecule has 0 amide bonds. The molecule has 4 atom stereocenters. The Morgan fingerprint density at radius 2 is 1.80 bits per heavy atom. The van der Waals surface area contributed by atoms with Crippen molar-refractivity contribution in [2.45, 2.75) is 59.9 Å². The van der Waals surface area contributed by atoms with Gasteiger partial charge in [0.1, 0.15) is 0 Å². The van der Waals surface area contributed by atoms with E-state index in [9.17, 15) is 0 Å². The van der Waals surface area contributed by atoms with Gasteiger partial charge >= 0.3 is 0 Å². The normalized spacial score (nSPS) is 41.8. The molecule has 4 unspecified atom stereocenters. The summed E-state index contributed by atoms with van der Waals surface area (Å²) in [6.45, 7) is 16.2. The highest BCUT2D eigenvalue weighted by Gasteiger charge is 2.41. The van der Waals surface area contributed by atoms with E-state index in [2.05, 4.69) is 34.6 Å². The van der Waals surface area contributed by atoms with Gasteiger partial charge in [-0.1, -0.05) is 27.2 Å². The lowest BCUT2D eigenvalue weighted by Gasteiger charge is -2.51. The molecule has 15 heavy (non-hydrogen) atoms. The van der Waals surface area contributed by atoms with E-state index in [1.54, 1.807) is 0 Å². The van der Waals surface area contributed by atoms with E-state index in [-0.39, 0.29) is 0 Å². The van der Waals surface area contributed by atoms with Crippen LogP contribution in [0.5, 0.6) is 0 Å². The molecule has 1 rings (SSSR count). The van der Waals surface area contributed by atoms with Crippen LogP contribution in [0.25, 0.3) is 0 Å². The zero-order chi connectivity index (χ0) is 11.5. The summed E-state index contributed by atoms with van der Waals surface area (Å²) in [6.07, 6.45) is 4.18. The van der Waals surface area contributed by atoms with Crippen LogP contribution in [-0.4, -0.2) is 30.2 Å². The lowest BCUT2D eigenvalue weighted by atomic mass is 9.83. The topological polar surface area (TPSA) is 0 Å². The molecule has 0 bridgehead atoms. The first kappa shape index (κ1) is 13.0. The van der Waals surface area contributed by atoms with E-state index in [1.807, 2.05) is 0 Å². The minimum Gasteiger partial charge on any atom is -0.321 e. The number of unbranched alkanes of at least 4 members (excludes halogenated alkanes) is 1. The summed E-state index contributed by atoms with van der Waals surface area (Å²) in [5, 5.41) is 0. The van der Waals surface area contributed by atoms with Crippen LogP contribution < -0.4 is 0 Å². The van der Waals surface area contributed by atoms with E-state index in [0.717, 1.165) is 17.9 Å². The highest BCUT2D eigenvalue weighted by Crippen LogP contribution is 2.33. The maximum atomic E-state index is 2.48. The van der Waals surface area contributed by atoms with Crippen molar-refractivity contribution in [2.75, 3.05) is 19.6 Å². The predicted octanol–water partition coefficient (Wildman–Crippen LogP) is 3.69. The van der Waals surface area contributed by atoms with E-state index in [4.69, 9.17) is 0 Å². The van der Waals surface area contributed by atoms with E-state index >= 15 is 0 Å². The van der Waals surface area contributed by atoms with Crippen molar-refractivity contribution in [1.29, 1.82) is 0 Å². The van der Waals surface area contributed by atoms with Gasteiger partial charge in [-0.3, -0.25) is 0 Å². The molecule has 1 heteroatoms. The first-order valence-corrected chi connectivity index (χ1v) is 6.91. The Kier molecular flexibility index (Phi) is 4.64. The van der Waals surface area contributed by atoms with Gasteiger partial charge in [0, 0.05) is 11.8 Å². The molecular formula is C14H30N+. The summed E-state index contributed by atoms with van der Waals surface area (Å²) in [7, 11) is 0. The zero-order valence-electron chi connectivity index (χ0n) is 11.4. The highest BCUT2D eigenvalue weighted by atomic mass is 15.4. The molecule has 0 aliphatic carbocycles.